The quantitative estimate of drug-likeness (QED) is 0.891. The highest BCUT2D eigenvalue weighted by atomic mass is 35.5. The van der Waals surface area contributed by atoms with Gasteiger partial charge in [-0.05, 0) is 25.1 Å². The Bertz CT molecular complexity index is 583. The molecule has 20 heavy (non-hydrogen) atoms. The number of nitrogens with zero attached hydrogens (tertiary/aromatic N) is 2. The summed E-state index contributed by atoms with van der Waals surface area (Å²) in [6.07, 6.45) is 3.40. The van der Waals surface area contributed by atoms with Crippen molar-refractivity contribution >= 4 is 23.2 Å². The maximum atomic E-state index is 12.5. The van der Waals surface area contributed by atoms with E-state index in [0.717, 1.165) is 18.1 Å². The monoisotopic (exact) mass is 292 g/mol. The van der Waals surface area contributed by atoms with E-state index in [2.05, 4.69) is 15.3 Å². The summed E-state index contributed by atoms with van der Waals surface area (Å²) in [6.45, 7) is 3.14. The number of aromatic nitrogens is 2. The van der Waals surface area contributed by atoms with Gasteiger partial charge in [-0.25, -0.2) is 4.98 Å². The summed E-state index contributed by atoms with van der Waals surface area (Å²) in [6, 6.07) is 5.27. The lowest BCUT2D eigenvalue weighted by Crippen LogP contribution is -2.27. The number of hydrogen-bond donors (Lipinski definition) is 2. The average Bonchev–Trinajstić information content (AvgIpc) is 2.93. The fourth-order valence-corrected chi connectivity index (χ4v) is 2.10. The molecule has 2 rings (SSSR count). The summed E-state index contributed by atoms with van der Waals surface area (Å²) in [4.78, 5) is 21.2. The molecule has 1 aromatic carbocycles. The van der Waals surface area contributed by atoms with Gasteiger partial charge < -0.3 is 15.2 Å². The second-order valence-electron chi connectivity index (χ2n) is 4.42. The molecule has 0 saturated heterocycles. The molecule has 0 radical (unpaired) electrons. The highest BCUT2D eigenvalue weighted by Gasteiger charge is 2.17. The number of amides is 1. The van der Waals surface area contributed by atoms with Crippen molar-refractivity contribution in [1.82, 2.24) is 14.9 Å². The molecule has 2 aromatic rings. The zero-order valence-electron chi connectivity index (χ0n) is 11.5. The van der Waals surface area contributed by atoms with Gasteiger partial charge in [0.25, 0.3) is 5.91 Å². The van der Waals surface area contributed by atoms with E-state index in [1.807, 2.05) is 13.0 Å². The second-order valence-corrected chi connectivity index (χ2v) is 4.85. The molecule has 0 atom stereocenters. The predicted octanol–water partition coefficient (Wildman–Crippen LogP) is 2.77. The minimum Gasteiger partial charge on any atom is -0.385 e. The van der Waals surface area contributed by atoms with Crippen molar-refractivity contribution in [2.75, 3.05) is 18.9 Å². The van der Waals surface area contributed by atoms with Crippen LogP contribution < -0.4 is 5.32 Å². The van der Waals surface area contributed by atoms with Crippen LogP contribution in [0.4, 0.5) is 5.69 Å². The first kappa shape index (κ1) is 14.4. The number of imidazole rings is 1. The topological polar surface area (TPSA) is 61.0 Å². The smallest absolute Gasteiger partial charge is 0.256 e. The van der Waals surface area contributed by atoms with Gasteiger partial charge in [0.05, 0.1) is 12.1 Å². The summed E-state index contributed by atoms with van der Waals surface area (Å²) >= 11 is 5.99. The third-order valence-corrected chi connectivity index (χ3v) is 3.10. The molecule has 6 heteroatoms. The number of carbonyl (C=O) groups excluding carboxylic acids is 1. The Morgan fingerprint density at radius 3 is 2.95 bits per heavy atom. The van der Waals surface area contributed by atoms with Crippen LogP contribution in [-0.2, 0) is 6.54 Å². The van der Waals surface area contributed by atoms with Crippen LogP contribution in [0.1, 0.15) is 23.1 Å². The van der Waals surface area contributed by atoms with Crippen LogP contribution in [0.3, 0.4) is 0 Å². The third-order valence-electron chi connectivity index (χ3n) is 2.87. The highest BCUT2D eigenvalue weighted by Crippen LogP contribution is 2.22. The molecule has 0 fully saturated rings. The summed E-state index contributed by atoms with van der Waals surface area (Å²) in [7, 11) is 1.74. The van der Waals surface area contributed by atoms with Crippen LogP contribution in [0.25, 0.3) is 0 Å². The number of H-pyrrole nitrogens is 1. The van der Waals surface area contributed by atoms with Gasteiger partial charge in [-0.15, -0.1) is 0 Å². The zero-order valence-corrected chi connectivity index (χ0v) is 12.2. The largest absolute Gasteiger partial charge is 0.385 e. The van der Waals surface area contributed by atoms with Crippen molar-refractivity contribution in [3.8, 4) is 0 Å². The van der Waals surface area contributed by atoms with Crippen molar-refractivity contribution in [1.29, 1.82) is 0 Å². The Labute approximate surface area is 123 Å². The van der Waals surface area contributed by atoms with Crippen molar-refractivity contribution in [2.24, 2.45) is 0 Å². The molecule has 2 N–H and O–H groups in total. The second kappa shape index (κ2) is 6.43. The van der Waals surface area contributed by atoms with E-state index in [-0.39, 0.29) is 5.91 Å². The molecule has 0 aliphatic rings. The molecule has 0 aliphatic heterocycles. The van der Waals surface area contributed by atoms with E-state index >= 15 is 0 Å². The number of rotatable bonds is 5. The van der Waals surface area contributed by atoms with Crippen molar-refractivity contribution in [2.45, 2.75) is 13.5 Å². The average molecular weight is 293 g/mol. The van der Waals surface area contributed by atoms with E-state index < -0.39 is 0 Å². The fraction of sp³-hybridized carbons (Fsp3) is 0.286. The summed E-state index contributed by atoms with van der Waals surface area (Å²) in [5.74, 6) is 0.646. The molecule has 0 aliphatic carbocycles. The summed E-state index contributed by atoms with van der Waals surface area (Å²) in [5, 5.41) is 3.71. The van der Waals surface area contributed by atoms with E-state index in [9.17, 15) is 4.79 Å². The minimum absolute atomic E-state index is 0.0974. The molecular formula is C14H17ClN4O. The molecular weight excluding hydrogens is 276 g/mol. The summed E-state index contributed by atoms with van der Waals surface area (Å²) < 4.78 is 0. The minimum atomic E-state index is -0.0974. The van der Waals surface area contributed by atoms with Gasteiger partial charge in [-0.1, -0.05) is 11.6 Å². The van der Waals surface area contributed by atoms with Crippen molar-refractivity contribution in [3.63, 3.8) is 0 Å². The third kappa shape index (κ3) is 3.30. The zero-order chi connectivity index (χ0) is 14.5. The number of aromatic amines is 1. The normalized spacial score (nSPS) is 10.3. The van der Waals surface area contributed by atoms with E-state index in [0.29, 0.717) is 17.1 Å². The molecule has 106 valence electrons. The molecule has 0 spiro atoms. The first-order chi connectivity index (χ1) is 9.61. The molecule has 1 heterocycles. The van der Waals surface area contributed by atoms with Crippen LogP contribution >= 0.6 is 11.6 Å². The van der Waals surface area contributed by atoms with Gasteiger partial charge in [0.15, 0.2) is 0 Å². The Morgan fingerprint density at radius 2 is 2.30 bits per heavy atom. The molecule has 5 nitrogen and oxygen atoms in total. The van der Waals surface area contributed by atoms with Gasteiger partial charge in [0.1, 0.15) is 5.82 Å². The van der Waals surface area contributed by atoms with Crippen LogP contribution in [0.15, 0.2) is 30.6 Å². The number of nitrogens with one attached hydrogen (secondary N) is 2. The van der Waals surface area contributed by atoms with Crippen LogP contribution in [-0.4, -0.2) is 34.4 Å². The van der Waals surface area contributed by atoms with Crippen molar-refractivity contribution in [3.05, 3.63) is 47.0 Å². The van der Waals surface area contributed by atoms with Crippen LogP contribution in [0.5, 0.6) is 0 Å². The SMILES string of the molecule is CCNc1ccc(Cl)cc1C(=O)N(C)Cc1ncc[nH]1. The molecule has 0 bridgehead atoms. The maximum Gasteiger partial charge on any atom is 0.256 e. The predicted molar refractivity (Wildman–Crippen MR) is 80.0 cm³/mol. The molecule has 1 amide bonds. The van der Waals surface area contributed by atoms with Crippen LogP contribution in [0.2, 0.25) is 5.02 Å². The Morgan fingerprint density at radius 1 is 1.50 bits per heavy atom. The lowest BCUT2D eigenvalue weighted by atomic mass is 10.1. The van der Waals surface area contributed by atoms with E-state index in [1.54, 1.807) is 36.5 Å². The number of halogens is 1. The van der Waals surface area contributed by atoms with E-state index in [1.165, 1.54) is 0 Å². The van der Waals surface area contributed by atoms with Gasteiger partial charge in [-0.3, -0.25) is 4.79 Å². The Balaban J connectivity index is 2.21. The first-order valence-electron chi connectivity index (χ1n) is 6.39. The molecule has 0 saturated carbocycles. The Kier molecular flexibility index (Phi) is 4.63. The molecule has 0 unspecified atom stereocenters. The lowest BCUT2D eigenvalue weighted by molar-refractivity contribution is 0.0783. The Hall–Kier alpha value is -2.01. The number of hydrogen-bond acceptors (Lipinski definition) is 3. The lowest BCUT2D eigenvalue weighted by Gasteiger charge is -2.18. The summed E-state index contributed by atoms with van der Waals surface area (Å²) in [5.41, 5.74) is 1.35. The van der Waals surface area contributed by atoms with Gasteiger partial charge in [-0.2, -0.15) is 0 Å². The maximum absolute atomic E-state index is 12.5. The fourth-order valence-electron chi connectivity index (χ4n) is 1.92. The van der Waals surface area contributed by atoms with Gasteiger partial charge >= 0.3 is 0 Å². The van der Waals surface area contributed by atoms with E-state index in [4.69, 9.17) is 11.6 Å². The van der Waals surface area contributed by atoms with Crippen molar-refractivity contribution < 1.29 is 4.79 Å². The molecule has 1 aromatic heterocycles. The van der Waals surface area contributed by atoms with Gasteiger partial charge in [0.2, 0.25) is 0 Å². The van der Waals surface area contributed by atoms with Gasteiger partial charge in [0, 0.05) is 36.7 Å². The van der Waals surface area contributed by atoms with Crippen LogP contribution in [0, 0.1) is 0 Å². The number of carbonyl (C=O) groups is 1. The number of anilines is 1. The standard InChI is InChI=1S/C14H17ClN4O/c1-3-16-12-5-4-10(15)8-11(12)14(20)19(2)9-13-17-6-7-18-13/h4-8,16H,3,9H2,1-2H3,(H,17,18). The highest BCUT2D eigenvalue weighted by molar-refractivity contribution is 6.31. The number of benzene rings is 1. The first-order valence-corrected chi connectivity index (χ1v) is 6.76.